The molecule has 5 heteroatoms. The van der Waals surface area contributed by atoms with Gasteiger partial charge in [0.05, 0.1) is 6.33 Å². The van der Waals surface area contributed by atoms with Crippen LogP contribution in [0.25, 0.3) is 11.8 Å². The number of fused-ring (bicyclic) bond motifs is 1. The Morgan fingerprint density at radius 3 is 2.66 bits per heavy atom. The topological polar surface area (TPSA) is 50.2 Å². The first-order valence-electron chi connectivity index (χ1n) is 12.2. The van der Waals surface area contributed by atoms with Crippen LogP contribution in [0.4, 0.5) is 5.69 Å². The average Bonchev–Trinajstić information content (AvgIpc) is 3.57. The summed E-state index contributed by atoms with van der Waals surface area (Å²) in [6, 6.07) is 24.3. The van der Waals surface area contributed by atoms with Crippen molar-refractivity contribution in [3.8, 4) is 5.69 Å². The molecule has 1 heterocycles. The van der Waals surface area contributed by atoms with E-state index in [-0.39, 0.29) is 5.91 Å². The first-order chi connectivity index (χ1) is 17.2. The highest BCUT2D eigenvalue weighted by molar-refractivity contribution is 6.04. The number of imidazole rings is 1. The third-order valence-electron chi connectivity index (χ3n) is 6.44. The van der Waals surface area contributed by atoms with Crippen molar-refractivity contribution in [3.63, 3.8) is 0 Å². The molecular weight excluding hydrogens is 432 g/mol. The number of allylic oxidation sites excluding steroid dienone is 1. The van der Waals surface area contributed by atoms with Gasteiger partial charge in [0, 0.05) is 54.5 Å². The zero-order valence-electron chi connectivity index (χ0n) is 20.0. The monoisotopic (exact) mass is 462 g/mol. The van der Waals surface area contributed by atoms with Gasteiger partial charge in [-0.05, 0) is 72.0 Å². The number of hydrogen-bond acceptors (Lipinski definition) is 3. The zero-order chi connectivity index (χ0) is 24.0. The van der Waals surface area contributed by atoms with E-state index in [9.17, 15) is 4.79 Å². The van der Waals surface area contributed by atoms with Gasteiger partial charge in [0.1, 0.15) is 0 Å². The van der Waals surface area contributed by atoms with Crippen LogP contribution in [0.3, 0.4) is 0 Å². The Morgan fingerprint density at radius 2 is 1.89 bits per heavy atom. The third kappa shape index (κ3) is 5.35. The molecule has 0 fully saturated rings. The molecule has 0 radical (unpaired) electrons. The lowest BCUT2D eigenvalue weighted by Gasteiger charge is -2.26. The lowest BCUT2D eigenvalue weighted by atomic mass is 10.1. The number of anilines is 1. The van der Waals surface area contributed by atoms with Crippen molar-refractivity contribution in [2.45, 2.75) is 26.2 Å². The number of amides is 1. The minimum Gasteiger partial charge on any atom is -0.374 e. The van der Waals surface area contributed by atoms with Gasteiger partial charge in [-0.15, -0.1) is 0 Å². The molecule has 0 unspecified atom stereocenters. The molecule has 0 aliphatic heterocycles. The third-order valence-corrected chi connectivity index (χ3v) is 6.44. The van der Waals surface area contributed by atoms with Crippen LogP contribution in [-0.2, 0) is 12.8 Å². The van der Waals surface area contributed by atoms with Gasteiger partial charge >= 0.3 is 0 Å². The van der Waals surface area contributed by atoms with E-state index in [1.165, 1.54) is 22.4 Å². The molecule has 35 heavy (non-hydrogen) atoms. The molecule has 4 aromatic rings. The van der Waals surface area contributed by atoms with Crippen molar-refractivity contribution in [3.05, 3.63) is 119 Å². The Morgan fingerprint density at radius 1 is 1.03 bits per heavy atom. The van der Waals surface area contributed by atoms with Crippen LogP contribution >= 0.6 is 0 Å². The highest BCUT2D eigenvalue weighted by Gasteiger charge is 2.17. The molecule has 0 saturated heterocycles. The largest absolute Gasteiger partial charge is 0.374 e. The Kier molecular flexibility index (Phi) is 6.75. The molecule has 0 bridgehead atoms. The molecule has 0 saturated carbocycles. The van der Waals surface area contributed by atoms with E-state index < -0.39 is 0 Å². The van der Waals surface area contributed by atoms with Crippen LogP contribution in [0.5, 0.6) is 0 Å². The number of rotatable bonds is 9. The predicted molar refractivity (Wildman–Crippen MR) is 142 cm³/mol. The highest BCUT2D eigenvalue weighted by atomic mass is 16.1. The van der Waals surface area contributed by atoms with Crippen LogP contribution in [0, 0.1) is 0 Å². The van der Waals surface area contributed by atoms with Crippen LogP contribution in [0.2, 0.25) is 0 Å². The van der Waals surface area contributed by atoms with Crippen molar-refractivity contribution in [1.29, 1.82) is 0 Å². The molecule has 1 amide bonds. The molecule has 1 aliphatic rings. The van der Waals surface area contributed by atoms with Crippen molar-refractivity contribution >= 4 is 17.7 Å². The van der Waals surface area contributed by atoms with Gasteiger partial charge in [0.15, 0.2) is 0 Å². The van der Waals surface area contributed by atoms with Gasteiger partial charge in [-0.3, -0.25) is 4.79 Å². The van der Waals surface area contributed by atoms with E-state index in [0.717, 1.165) is 43.7 Å². The van der Waals surface area contributed by atoms with Gasteiger partial charge < -0.3 is 14.8 Å². The predicted octanol–water partition coefficient (Wildman–Crippen LogP) is 5.98. The summed E-state index contributed by atoms with van der Waals surface area (Å²) in [6.07, 6.45) is 10.7. The number of nitrogens with one attached hydrogen (secondary N) is 1. The standard InChI is InChI=1S/C30H30N4O/c1-2-16-33(29-20-25-7-3-4-8-26(25)21-29)17-14-23-6-5-9-27(19-23)32-30(35)24-10-12-28(13-11-24)34-18-15-31-22-34/h3-13,15,18-20,22H,2,14,16-17,21H2,1H3,(H,32,35). The molecule has 0 atom stereocenters. The summed E-state index contributed by atoms with van der Waals surface area (Å²) in [5.74, 6) is -0.110. The number of hydrogen-bond donors (Lipinski definition) is 1. The van der Waals surface area contributed by atoms with Crippen molar-refractivity contribution in [2.24, 2.45) is 0 Å². The molecule has 1 aromatic heterocycles. The van der Waals surface area contributed by atoms with E-state index in [0.29, 0.717) is 5.56 Å². The summed E-state index contributed by atoms with van der Waals surface area (Å²) in [5.41, 5.74) is 7.78. The van der Waals surface area contributed by atoms with E-state index in [2.05, 4.69) is 64.6 Å². The van der Waals surface area contributed by atoms with E-state index in [1.54, 1.807) is 12.5 Å². The second-order valence-corrected chi connectivity index (χ2v) is 8.92. The fraction of sp³-hybridized carbons (Fsp3) is 0.200. The number of aromatic nitrogens is 2. The number of carbonyl (C=O) groups is 1. The number of carbonyl (C=O) groups excluding carboxylic acids is 1. The normalized spacial score (nSPS) is 12.2. The van der Waals surface area contributed by atoms with E-state index in [4.69, 9.17) is 0 Å². The number of benzene rings is 3. The maximum absolute atomic E-state index is 12.8. The fourth-order valence-electron chi connectivity index (χ4n) is 4.60. The van der Waals surface area contributed by atoms with Gasteiger partial charge in [-0.1, -0.05) is 43.3 Å². The fourth-order valence-corrected chi connectivity index (χ4v) is 4.60. The molecular formula is C30H30N4O. The summed E-state index contributed by atoms with van der Waals surface area (Å²) in [5, 5.41) is 3.05. The minimum atomic E-state index is -0.110. The molecule has 3 aromatic carbocycles. The Bertz CT molecular complexity index is 1320. The second-order valence-electron chi connectivity index (χ2n) is 8.92. The van der Waals surface area contributed by atoms with Gasteiger partial charge in [0.25, 0.3) is 5.91 Å². The van der Waals surface area contributed by atoms with E-state index >= 15 is 0 Å². The van der Waals surface area contributed by atoms with E-state index in [1.807, 2.05) is 47.2 Å². The molecule has 176 valence electrons. The lowest BCUT2D eigenvalue weighted by Crippen LogP contribution is -2.26. The number of nitrogens with zero attached hydrogens (tertiary/aromatic N) is 3. The van der Waals surface area contributed by atoms with Crippen molar-refractivity contribution in [2.75, 3.05) is 18.4 Å². The summed E-state index contributed by atoms with van der Waals surface area (Å²) >= 11 is 0. The first kappa shape index (κ1) is 22.7. The smallest absolute Gasteiger partial charge is 0.255 e. The molecule has 1 N–H and O–H groups in total. The van der Waals surface area contributed by atoms with Crippen LogP contribution in [0.1, 0.15) is 40.4 Å². The summed E-state index contributed by atoms with van der Waals surface area (Å²) < 4.78 is 1.91. The highest BCUT2D eigenvalue weighted by Crippen LogP contribution is 2.27. The SMILES string of the molecule is CCCN(CCc1cccc(NC(=O)c2ccc(-n3ccnc3)cc2)c1)C1=Cc2ccccc2C1. The second kappa shape index (κ2) is 10.4. The van der Waals surface area contributed by atoms with Gasteiger partial charge in [0.2, 0.25) is 0 Å². The first-order valence-corrected chi connectivity index (χ1v) is 12.2. The summed E-state index contributed by atoms with van der Waals surface area (Å²) in [7, 11) is 0. The summed E-state index contributed by atoms with van der Waals surface area (Å²) in [4.78, 5) is 19.4. The van der Waals surface area contributed by atoms with Crippen LogP contribution in [-0.4, -0.2) is 33.4 Å². The van der Waals surface area contributed by atoms with Crippen LogP contribution < -0.4 is 5.32 Å². The van der Waals surface area contributed by atoms with Gasteiger partial charge in [-0.2, -0.15) is 0 Å². The molecule has 5 nitrogen and oxygen atoms in total. The molecule has 5 rings (SSSR count). The molecule has 0 spiro atoms. The van der Waals surface area contributed by atoms with Crippen molar-refractivity contribution in [1.82, 2.24) is 14.5 Å². The maximum atomic E-state index is 12.8. The Balaban J connectivity index is 1.21. The van der Waals surface area contributed by atoms with Crippen molar-refractivity contribution < 1.29 is 4.79 Å². The lowest BCUT2D eigenvalue weighted by molar-refractivity contribution is 0.102. The minimum absolute atomic E-state index is 0.110. The summed E-state index contributed by atoms with van der Waals surface area (Å²) in [6.45, 7) is 4.24. The average molecular weight is 463 g/mol. The zero-order valence-corrected chi connectivity index (χ0v) is 20.0. The van der Waals surface area contributed by atoms with Crippen LogP contribution in [0.15, 0.2) is 97.2 Å². The molecule has 1 aliphatic carbocycles. The van der Waals surface area contributed by atoms with Gasteiger partial charge in [-0.25, -0.2) is 4.98 Å². The Labute approximate surface area is 206 Å². The quantitative estimate of drug-likeness (QED) is 0.333. The Hall–Kier alpha value is -4.12. The maximum Gasteiger partial charge on any atom is 0.255 e.